The summed E-state index contributed by atoms with van der Waals surface area (Å²) in [6.45, 7) is 6.93. The van der Waals surface area contributed by atoms with Gasteiger partial charge in [0.25, 0.3) is 5.56 Å². The Balaban J connectivity index is 1.78. The van der Waals surface area contributed by atoms with Crippen molar-refractivity contribution >= 4 is 34.0 Å². The fraction of sp³-hybridized carbons (Fsp3) is 0.304. The quantitative estimate of drug-likeness (QED) is 0.638. The van der Waals surface area contributed by atoms with Crippen LogP contribution in [0.2, 0.25) is 5.02 Å². The molecule has 28 heavy (non-hydrogen) atoms. The van der Waals surface area contributed by atoms with E-state index in [1.165, 1.54) is 0 Å². The average Bonchev–Trinajstić information content (AvgIpc) is 2.62. The van der Waals surface area contributed by atoms with E-state index in [-0.39, 0.29) is 16.9 Å². The number of benzene rings is 2. The minimum Gasteiger partial charge on any atom is -0.326 e. The van der Waals surface area contributed by atoms with Gasteiger partial charge in [-0.2, -0.15) is 0 Å². The highest BCUT2D eigenvalue weighted by Gasteiger charge is 2.14. The molecule has 5 heteroatoms. The molecule has 4 nitrogen and oxygen atoms in total. The molecule has 0 saturated carbocycles. The predicted molar refractivity (Wildman–Crippen MR) is 116 cm³/mol. The first-order valence-corrected chi connectivity index (χ1v) is 9.77. The van der Waals surface area contributed by atoms with E-state index in [1.807, 2.05) is 36.4 Å². The smallest absolute Gasteiger partial charge is 0.258 e. The number of amides is 1. The van der Waals surface area contributed by atoms with Crippen LogP contribution >= 0.6 is 11.6 Å². The Morgan fingerprint density at radius 2 is 1.82 bits per heavy atom. The summed E-state index contributed by atoms with van der Waals surface area (Å²) in [7, 11) is 0. The highest BCUT2D eigenvalue weighted by atomic mass is 35.5. The Bertz CT molecular complexity index is 1060. The minimum atomic E-state index is -0.0913. The number of aryl methyl sites for hydroxylation is 1. The van der Waals surface area contributed by atoms with Crippen molar-refractivity contribution in [2.45, 2.75) is 40.2 Å². The van der Waals surface area contributed by atoms with Gasteiger partial charge in [-0.1, -0.05) is 50.6 Å². The maximum absolute atomic E-state index is 12.8. The second kappa shape index (κ2) is 8.19. The maximum Gasteiger partial charge on any atom is 0.258 e. The summed E-state index contributed by atoms with van der Waals surface area (Å²) in [6, 6.07) is 14.8. The number of carbonyl (C=O) groups excluding carboxylic acids is 1. The summed E-state index contributed by atoms with van der Waals surface area (Å²) in [5.74, 6) is -0.0913. The van der Waals surface area contributed by atoms with E-state index in [0.717, 1.165) is 10.9 Å². The van der Waals surface area contributed by atoms with E-state index in [2.05, 4.69) is 26.1 Å². The number of halogens is 1. The SMILES string of the molecule is CC(C)(C)Cn1ccc2c(NC(=O)CCc3cccc(Cl)c3)cccc2c1=O. The van der Waals surface area contributed by atoms with Gasteiger partial charge in [0.2, 0.25) is 5.91 Å². The van der Waals surface area contributed by atoms with Gasteiger partial charge in [-0.15, -0.1) is 0 Å². The molecule has 0 aliphatic heterocycles. The second-order valence-corrected chi connectivity index (χ2v) is 8.69. The fourth-order valence-electron chi connectivity index (χ4n) is 3.23. The number of hydrogen-bond donors (Lipinski definition) is 1. The molecular formula is C23H25ClN2O2. The minimum absolute atomic E-state index is 0.00364. The lowest BCUT2D eigenvalue weighted by molar-refractivity contribution is -0.116. The lowest BCUT2D eigenvalue weighted by Gasteiger charge is -2.20. The van der Waals surface area contributed by atoms with Crippen molar-refractivity contribution < 1.29 is 4.79 Å². The standard InChI is InChI=1S/C23H25ClN2O2/c1-23(2,3)15-26-13-12-18-19(22(26)28)8-5-9-20(18)25-21(27)11-10-16-6-4-7-17(24)14-16/h4-9,12-14H,10-11,15H2,1-3H3,(H,25,27). The number of rotatable bonds is 5. The van der Waals surface area contributed by atoms with Gasteiger partial charge in [0.15, 0.2) is 0 Å². The lowest BCUT2D eigenvalue weighted by atomic mass is 9.96. The molecule has 1 amide bonds. The first-order chi connectivity index (χ1) is 13.2. The van der Waals surface area contributed by atoms with E-state index in [4.69, 9.17) is 11.6 Å². The molecule has 0 spiro atoms. The third-order valence-corrected chi connectivity index (χ3v) is 4.70. The fourth-order valence-corrected chi connectivity index (χ4v) is 3.44. The van der Waals surface area contributed by atoms with Crippen LogP contribution in [0.5, 0.6) is 0 Å². The Labute approximate surface area is 170 Å². The van der Waals surface area contributed by atoms with E-state index in [0.29, 0.717) is 35.5 Å². The summed E-state index contributed by atoms with van der Waals surface area (Å²) in [5.41, 5.74) is 1.64. The van der Waals surface area contributed by atoms with Crippen LogP contribution in [0.4, 0.5) is 5.69 Å². The van der Waals surface area contributed by atoms with Gasteiger partial charge in [0.1, 0.15) is 0 Å². The Morgan fingerprint density at radius 1 is 1.07 bits per heavy atom. The van der Waals surface area contributed by atoms with Crippen molar-refractivity contribution in [2.24, 2.45) is 5.41 Å². The van der Waals surface area contributed by atoms with Gasteiger partial charge in [0.05, 0.1) is 0 Å². The van der Waals surface area contributed by atoms with Crippen LogP contribution in [0.3, 0.4) is 0 Å². The number of pyridine rings is 1. The molecule has 1 N–H and O–H groups in total. The molecule has 0 fully saturated rings. The molecule has 146 valence electrons. The number of fused-ring (bicyclic) bond motifs is 1. The van der Waals surface area contributed by atoms with Crippen molar-refractivity contribution in [3.05, 3.63) is 75.7 Å². The zero-order chi connectivity index (χ0) is 20.3. The van der Waals surface area contributed by atoms with Crippen LogP contribution in [-0.4, -0.2) is 10.5 Å². The van der Waals surface area contributed by atoms with Gasteiger partial charge in [-0.3, -0.25) is 9.59 Å². The van der Waals surface area contributed by atoms with E-state index in [1.54, 1.807) is 22.9 Å². The first-order valence-electron chi connectivity index (χ1n) is 9.39. The molecule has 2 aromatic carbocycles. The third kappa shape index (κ3) is 5.02. The number of aromatic nitrogens is 1. The van der Waals surface area contributed by atoms with E-state index in [9.17, 15) is 9.59 Å². The molecule has 0 saturated heterocycles. The van der Waals surface area contributed by atoms with Gasteiger partial charge >= 0.3 is 0 Å². The van der Waals surface area contributed by atoms with Crippen molar-refractivity contribution in [3.63, 3.8) is 0 Å². The molecule has 0 bridgehead atoms. The number of anilines is 1. The van der Waals surface area contributed by atoms with Crippen LogP contribution in [0.1, 0.15) is 32.8 Å². The highest BCUT2D eigenvalue weighted by Crippen LogP contribution is 2.22. The normalized spacial score (nSPS) is 11.6. The van der Waals surface area contributed by atoms with Crippen molar-refractivity contribution in [1.29, 1.82) is 0 Å². The Hall–Kier alpha value is -2.59. The molecule has 1 aromatic heterocycles. The molecule has 3 aromatic rings. The molecule has 3 rings (SSSR count). The Morgan fingerprint density at radius 3 is 2.54 bits per heavy atom. The van der Waals surface area contributed by atoms with E-state index < -0.39 is 0 Å². The first kappa shape index (κ1) is 20.2. The number of nitrogens with zero attached hydrogens (tertiary/aromatic N) is 1. The summed E-state index contributed by atoms with van der Waals surface area (Å²) < 4.78 is 1.73. The molecule has 1 heterocycles. The molecular weight excluding hydrogens is 372 g/mol. The van der Waals surface area contributed by atoms with E-state index >= 15 is 0 Å². The average molecular weight is 397 g/mol. The summed E-state index contributed by atoms with van der Waals surface area (Å²) in [4.78, 5) is 25.3. The zero-order valence-electron chi connectivity index (χ0n) is 16.5. The maximum atomic E-state index is 12.8. The Kier molecular flexibility index (Phi) is 5.90. The van der Waals surface area contributed by atoms with Crippen molar-refractivity contribution in [3.8, 4) is 0 Å². The summed E-state index contributed by atoms with van der Waals surface area (Å²) >= 11 is 5.99. The largest absolute Gasteiger partial charge is 0.326 e. The molecule has 0 aliphatic rings. The zero-order valence-corrected chi connectivity index (χ0v) is 17.2. The number of hydrogen-bond acceptors (Lipinski definition) is 2. The summed E-state index contributed by atoms with van der Waals surface area (Å²) in [5, 5.41) is 4.98. The second-order valence-electron chi connectivity index (χ2n) is 8.25. The van der Waals surface area contributed by atoms with Crippen molar-refractivity contribution in [2.75, 3.05) is 5.32 Å². The van der Waals surface area contributed by atoms with Gasteiger partial charge < -0.3 is 9.88 Å². The summed E-state index contributed by atoms with van der Waals surface area (Å²) in [6.07, 6.45) is 2.75. The van der Waals surface area contributed by atoms with Crippen LogP contribution in [0.15, 0.2) is 59.5 Å². The molecule has 0 unspecified atom stereocenters. The van der Waals surface area contributed by atoms with Crippen LogP contribution < -0.4 is 10.9 Å². The van der Waals surface area contributed by atoms with Crippen LogP contribution in [0, 0.1) is 5.41 Å². The van der Waals surface area contributed by atoms with Crippen LogP contribution in [-0.2, 0) is 17.8 Å². The monoisotopic (exact) mass is 396 g/mol. The topological polar surface area (TPSA) is 51.1 Å². The van der Waals surface area contributed by atoms with Crippen molar-refractivity contribution in [1.82, 2.24) is 4.57 Å². The molecule has 0 radical (unpaired) electrons. The highest BCUT2D eigenvalue weighted by molar-refractivity contribution is 6.30. The predicted octanol–water partition coefficient (Wildman–Crippen LogP) is 5.27. The van der Waals surface area contributed by atoms with Gasteiger partial charge in [-0.05, 0) is 47.7 Å². The number of carbonyl (C=O) groups is 1. The van der Waals surface area contributed by atoms with Gasteiger partial charge in [0, 0.05) is 40.6 Å². The third-order valence-electron chi connectivity index (χ3n) is 4.47. The van der Waals surface area contributed by atoms with Crippen LogP contribution in [0.25, 0.3) is 10.8 Å². The molecule has 0 atom stereocenters. The number of nitrogens with one attached hydrogen (secondary N) is 1. The van der Waals surface area contributed by atoms with Gasteiger partial charge in [-0.25, -0.2) is 0 Å². The lowest BCUT2D eigenvalue weighted by Crippen LogP contribution is -2.26. The molecule has 0 aliphatic carbocycles.